The van der Waals surface area contributed by atoms with Crippen LogP contribution in [0.25, 0.3) is 0 Å². The molecule has 1 aromatic heterocycles. The number of pyridine rings is 1. The van der Waals surface area contributed by atoms with E-state index in [1.165, 1.54) is 0 Å². The van der Waals surface area contributed by atoms with E-state index in [9.17, 15) is 9.90 Å². The molecule has 5 N–H and O–H groups in total. The van der Waals surface area contributed by atoms with Crippen molar-refractivity contribution in [2.45, 2.75) is 30.7 Å². The molecule has 8 heteroatoms. The molecule has 1 fully saturated rings. The van der Waals surface area contributed by atoms with E-state index in [1.807, 2.05) is 0 Å². The molecule has 1 aromatic rings. The second-order valence-corrected chi connectivity index (χ2v) is 5.38. The van der Waals surface area contributed by atoms with Crippen molar-refractivity contribution in [2.24, 2.45) is 5.73 Å². The van der Waals surface area contributed by atoms with E-state index in [0.717, 1.165) is 0 Å². The molecule has 1 saturated carbocycles. The Hall–Kier alpha value is -1.90. The first kappa shape index (κ1) is 16.5. The quantitative estimate of drug-likeness (QED) is 0.530. The molecule has 0 bridgehead atoms. The van der Waals surface area contributed by atoms with Crippen LogP contribution in [0.2, 0.25) is 0 Å². The van der Waals surface area contributed by atoms with E-state index in [-0.39, 0.29) is 18.7 Å². The summed E-state index contributed by atoms with van der Waals surface area (Å²) in [6.07, 6.45) is 2.29. The molecule has 1 heterocycles. The summed E-state index contributed by atoms with van der Waals surface area (Å²) < 4.78 is 5.76. The van der Waals surface area contributed by atoms with Gasteiger partial charge in [0.25, 0.3) is 0 Å². The Kier molecular flexibility index (Phi) is 5.53. The highest BCUT2D eigenvalue weighted by Gasteiger charge is 2.46. The van der Waals surface area contributed by atoms with Crippen molar-refractivity contribution in [3.63, 3.8) is 0 Å². The smallest absolute Gasteiger partial charge is 0.312 e. The van der Waals surface area contributed by atoms with Gasteiger partial charge in [-0.2, -0.15) is 0 Å². The van der Waals surface area contributed by atoms with Crippen molar-refractivity contribution in [3.8, 4) is 5.75 Å². The predicted molar refractivity (Wildman–Crippen MR) is 79.3 cm³/mol. The summed E-state index contributed by atoms with van der Waals surface area (Å²) in [6, 6.07) is 2.10. The average molecular weight is 310 g/mol. The van der Waals surface area contributed by atoms with Gasteiger partial charge in [-0.15, -0.1) is 0 Å². The highest BCUT2D eigenvalue weighted by molar-refractivity contribution is 5.72. The van der Waals surface area contributed by atoms with E-state index >= 15 is 0 Å². The summed E-state index contributed by atoms with van der Waals surface area (Å²) in [4.78, 5) is 16.9. The maximum atomic E-state index is 11.2. The minimum atomic E-state index is -0.825. The first-order valence-corrected chi connectivity index (χ1v) is 7.14. The zero-order chi connectivity index (χ0) is 16.1. The first-order valence-electron chi connectivity index (χ1n) is 7.14. The van der Waals surface area contributed by atoms with Crippen LogP contribution in [0.1, 0.15) is 6.42 Å². The average Bonchev–Trinajstić information content (AvgIpc) is 2.75. The summed E-state index contributed by atoms with van der Waals surface area (Å²) in [5.74, 6) is 0.551. The number of hydrogen-bond acceptors (Lipinski definition) is 6. The molecule has 1 aliphatic rings. The number of carbonyl (C=O) groups is 1. The van der Waals surface area contributed by atoms with Gasteiger partial charge in [-0.1, -0.05) is 0 Å². The lowest BCUT2D eigenvalue weighted by Gasteiger charge is -2.31. The number of nitrogens with one attached hydrogen (secondary N) is 1. The molecule has 4 atom stereocenters. The second kappa shape index (κ2) is 7.39. The molecular formula is C14H22N4O4. The van der Waals surface area contributed by atoms with Gasteiger partial charge in [0, 0.05) is 19.2 Å². The fourth-order valence-electron chi connectivity index (χ4n) is 2.90. The Bertz CT molecular complexity index is 487. The normalized spacial score (nSPS) is 27.8. The third-order valence-corrected chi connectivity index (χ3v) is 3.84. The fourth-order valence-corrected chi connectivity index (χ4v) is 2.90. The Morgan fingerprint density at radius 3 is 3.00 bits per heavy atom. The number of primary amides is 1. The number of aromatic nitrogens is 1. The molecule has 122 valence electrons. The Morgan fingerprint density at radius 1 is 1.64 bits per heavy atom. The minimum absolute atomic E-state index is 0.0445. The number of carbonyl (C=O) groups excluding carboxylic acids is 1. The van der Waals surface area contributed by atoms with Gasteiger partial charge in [-0.3, -0.25) is 9.88 Å². The van der Waals surface area contributed by atoms with Gasteiger partial charge >= 0.3 is 6.03 Å². The van der Waals surface area contributed by atoms with Crippen LogP contribution in [-0.4, -0.2) is 70.6 Å². The number of aliphatic hydroxyl groups excluding tert-OH is 2. The summed E-state index contributed by atoms with van der Waals surface area (Å²) in [7, 11) is 1.77. The lowest BCUT2D eigenvalue weighted by atomic mass is 10.1. The van der Waals surface area contributed by atoms with E-state index < -0.39 is 18.2 Å². The Labute approximate surface area is 128 Å². The van der Waals surface area contributed by atoms with Crippen molar-refractivity contribution in [1.29, 1.82) is 0 Å². The van der Waals surface area contributed by atoms with Crippen LogP contribution in [0.15, 0.2) is 24.5 Å². The largest absolute Gasteiger partial charge is 0.486 e. The molecule has 22 heavy (non-hydrogen) atoms. The number of likely N-dealkylation sites (N-methyl/N-ethyl adjacent to an activating group) is 1. The minimum Gasteiger partial charge on any atom is -0.486 e. The number of urea groups is 1. The SMILES string of the molecule is CN(CCO)[C@@H]1[C@@H](O)[C@H](Oc2cccnc2)C[C@H]1NC(N)=O. The van der Waals surface area contributed by atoms with Crippen LogP contribution in [-0.2, 0) is 0 Å². The summed E-state index contributed by atoms with van der Waals surface area (Å²) in [5.41, 5.74) is 5.20. The van der Waals surface area contributed by atoms with Gasteiger partial charge in [-0.05, 0) is 19.2 Å². The van der Waals surface area contributed by atoms with Crippen LogP contribution in [0.3, 0.4) is 0 Å². The van der Waals surface area contributed by atoms with Gasteiger partial charge in [0.05, 0.1) is 24.9 Å². The molecule has 0 spiro atoms. The second-order valence-electron chi connectivity index (χ2n) is 5.38. The van der Waals surface area contributed by atoms with Gasteiger partial charge in [0.1, 0.15) is 18.0 Å². The van der Waals surface area contributed by atoms with E-state index in [2.05, 4.69) is 10.3 Å². The van der Waals surface area contributed by atoms with Crippen LogP contribution in [0, 0.1) is 0 Å². The summed E-state index contributed by atoms with van der Waals surface area (Å²) >= 11 is 0. The number of nitrogens with two attached hydrogens (primary N) is 1. The van der Waals surface area contributed by atoms with Crippen LogP contribution in [0.5, 0.6) is 5.75 Å². The van der Waals surface area contributed by atoms with Crippen molar-refractivity contribution < 1.29 is 19.7 Å². The number of ether oxygens (including phenoxy) is 1. The highest BCUT2D eigenvalue weighted by Crippen LogP contribution is 2.28. The zero-order valence-electron chi connectivity index (χ0n) is 12.4. The van der Waals surface area contributed by atoms with Crippen molar-refractivity contribution in [2.75, 3.05) is 20.2 Å². The Morgan fingerprint density at radius 2 is 2.41 bits per heavy atom. The van der Waals surface area contributed by atoms with Gasteiger partial charge in [-0.25, -0.2) is 4.79 Å². The van der Waals surface area contributed by atoms with Gasteiger partial charge in [0.2, 0.25) is 0 Å². The van der Waals surface area contributed by atoms with E-state index in [4.69, 9.17) is 15.6 Å². The molecule has 0 saturated heterocycles. The molecular weight excluding hydrogens is 288 g/mol. The zero-order valence-corrected chi connectivity index (χ0v) is 12.4. The summed E-state index contributed by atoms with van der Waals surface area (Å²) in [6.45, 7) is 0.329. The third-order valence-electron chi connectivity index (χ3n) is 3.84. The maximum absolute atomic E-state index is 11.2. The molecule has 0 radical (unpaired) electrons. The number of hydrogen-bond donors (Lipinski definition) is 4. The van der Waals surface area contributed by atoms with Crippen molar-refractivity contribution in [3.05, 3.63) is 24.5 Å². The molecule has 8 nitrogen and oxygen atoms in total. The molecule has 1 aliphatic carbocycles. The first-order chi connectivity index (χ1) is 10.5. The number of nitrogens with zero attached hydrogens (tertiary/aromatic N) is 2. The monoisotopic (exact) mass is 310 g/mol. The predicted octanol–water partition coefficient (Wildman–Crippen LogP) is -1.08. The number of amides is 2. The standard InChI is InChI=1S/C14H22N4O4/c1-18(5-6-19)12-10(17-14(15)21)7-11(13(12)20)22-9-3-2-4-16-8-9/h2-4,8,10-13,19-20H,5-7H2,1H3,(H3,15,17,21)/t10-,11-,12+,13+/m1/s1. The van der Waals surface area contributed by atoms with Crippen LogP contribution in [0.4, 0.5) is 4.79 Å². The fraction of sp³-hybridized carbons (Fsp3) is 0.571. The molecule has 2 rings (SSSR count). The lowest BCUT2D eigenvalue weighted by molar-refractivity contribution is 0.0112. The molecule has 2 amide bonds. The van der Waals surface area contributed by atoms with Crippen molar-refractivity contribution in [1.82, 2.24) is 15.2 Å². The van der Waals surface area contributed by atoms with Crippen LogP contribution >= 0.6 is 0 Å². The third kappa shape index (κ3) is 3.85. The van der Waals surface area contributed by atoms with E-state index in [0.29, 0.717) is 18.7 Å². The molecule has 0 aromatic carbocycles. The Balaban J connectivity index is 2.11. The maximum Gasteiger partial charge on any atom is 0.312 e. The molecule has 0 unspecified atom stereocenters. The lowest BCUT2D eigenvalue weighted by Crippen LogP contribution is -2.53. The topological polar surface area (TPSA) is 121 Å². The van der Waals surface area contributed by atoms with Gasteiger partial charge in [0.15, 0.2) is 0 Å². The number of aliphatic hydroxyl groups is 2. The van der Waals surface area contributed by atoms with Crippen LogP contribution < -0.4 is 15.8 Å². The van der Waals surface area contributed by atoms with Gasteiger partial charge < -0.3 is 26.0 Å². The number of rotatable bonds is 6. The van der Waals surface area contributed by atoms with E-state index in [1.54, 1.807) is 36.5 Å². The molecule has 0 aliphatic heterocycles. The highest BCUT2D eigenvalue weighted by atomic mass is 16.5. The van der Waals surface area contributed by atoms with Crippen molar-refractivity contribution >= 4 is 6.03 Å². The summed E-state index contributed by atoms with van der Waals surface area (Å²) in [5, 5.41) is 22.2.